The molecule has 4 heteroatoms. The third kappa shape index (κ3) is 2.25. The van der Waals surface area contributed by atoms with Gasteiger partial charge >= 0.3 is 5.97 Å². The van der Waals surface area contributed by atoms with Crippen LogP contribution in [0.5, 0.6) is 0 Å². The van der Waals surface area contributed by atoms with Crippen molar-refractivity contribution in [1.82, 2.24) is 4.98 Å². The number of rotatable bonds is 2. The van der Waals surface area contributed by atoms with E-state index in [0.717, 1.165) is 5.56 Å². The van der Waals surface area contributed by atoms with Gasteiger partial charge in [0, 0.05) is 11.8 Å². The van der Waals surface area contributed by atoms with Gasteiger partial charge in [-0.05, 0) is 11.6 Å². The van der Waals surface area contributed by atoms with Crippen LogP contribution in [0.2, 0.25) is 0 Å². The highest BCUT2D eigenvalue weighted by Crippen LogP contribution is 2.24. The standard InChI is InChI=1S/C13H12N2O2/c1-17-13(16)10-7-12(14)15-8-11(10)9-5-3-2-4-6-9/h2-8H,1H3,(H2,14,15). The highest BCUT2D eigenvalue weighted by molar-refractivity contribution is 5.97. The Kier molecular flexibility index (Phi) is 3.05. The second-order valence-electron chi connectivity index (χ2n) is 3.51. The quantitative estimate of drug-likeness (QED) is 0.799. The van der Waals surface area contributed by atoms with Crippen LogP contribution in [0.4, 0.5) is 5.82 Å². The molecular formula is C13H12N2O2. The van der Waals surface area contributed by atoms with Crippen LogP contribution >= 0.6 is 0 Å². The van der Waals surface area contributed by atoms with Crippen molar-refractivity contribution in [2.75, 3.05) is 12.8 Å². The molecule has 17 heavy (non-hydrogen) atoms. The number of nitrogens with zero attached hydrogens (tertiary/aromatic N) is 1. The van der Waals surface area contributed by atoms with Crippen molar-refractivity contribution in [2.45, 2.75) is 0 Å². The van der Waals surface area contributed by atoms with Crippen molar-refractivity contribution >= 4 is 11.8 Å². The first-order valence-electron chi connectivity index (χ1n) is 5.11. The number of nitrogen functional groups attached to an aromatic ring is 1. The van der Waals surface area contributed by atoms with E-state index in [1.165, 1.54) is 13.2 Å². The molecule has 0 aliphatic carbocycles. The maximum Gasteiger partial charge on any atom is 0.338 e. The summed E-state index contributed by atoms with van der Waals surface area (Å²) in [7, 11) is 1.34. The lowest BCUT2D eigenvalue weighted by atomic mass is 10.0. The van der Waals surface area contributed by atoms with Crippen molar-refractivity contribution in [1.29, 1.82) is 0 Å². The van der Waals surface area contributed by atoms with E-state index in [0.29, 0.717) is 16.9 Å². The van der Waals surface area contributed by atoms with Gasteiger partial charge in [-0.1, -0.05) is 30.3 Å². The molecule has 2 rings (SSSR count). The maximum atomic E-state index is 11.7. The van der Waals surface area contributed by atoms with E-state index in [1.807, 2.05) is 30.3 Å². The Morgan fingerprint density at radius 1 is 1.29 bits per heavy atom. The van der Waals surface area contributed by atoms with Crippen LogP contribution in [0.15, 0.2) is 42.6 Å². The highest BCUT2D eigenvalue weighted by atomic mass is 16.5. The summed E-state index contributed by atoms with van der Waals surface area (Å²) in [6.07, 6.45) is 1.58. The number of benzene rings is 1. The van der Waals surface area contributed by atoms with E-state index in [-0.39, 0.29) is 0 Å². The Balaban J connectivity index is 2.58. The molecule has 0 saturated heterocycles. The van der Waals surface area contributed by atoms with Gasteiger partial charge in [-0.2, -0.15) is 0 Å². The molecule has 2 aromatic rings. The number of nitrogens with two attached hydrogens (primary N) is 1. The van der Waals surface area contributed by atoms with E-state index in [4.69, 9.17) is 10.5 Å². The fourth-order valence-electron chi connectivity index (χ4n) is 1.60. The van der Waals surface area contributed by atoms with Crippen molar-refractivity contribution in [2.24, 2.45) is 0 Å². The fraction of sp³-hybridized carbons (Fsp3) is 0.0769. The van der Waals surface area contributed by atoms with Gasteiger partial charge in [0.25, 0.3) is 0 Å². The lowest BCUT2D eigenvalue weighted by Crippen LogP contribution is -2.05. The summed E-state index contributed by atoms with van der Waals surface area (Å²) in [6, 6.07) is 11.0. The topological polar surface area (TPSA) is 65.2 Å². The summed E-state index contributed by atoms with van der Waals surface area (Å²) in [5.74, 6) is -0.122. The Morgan fingerprint density at radius 3 is 2.65 bits per heavy atom. The molecule has 0 spiro atoms. The molecule has 0 aliphatic rings. The average Bonchev–Trinajstić information content (AvgIpc) is 2.38. The minimum absolute atomic E-state index is 0.296. The number of esters is 1. The molecule has 2 N–H and O–H groups in total. The average molecular weight is 228 g/mol. The number of aromatic nitrogens is 1. The second-order valence-corrected chi connectivity index (χ2v) is 3.51. The van der Waals surface area contributed by atoms with Gasteiger partial charge in [0.1, 0.15) is 5.82 Å². The summed E-state index contributed by atoms with van der Waals surface area (Å²) >= 11 is 0. The van der Waals surface area contributed by atoms with Crippen molar-refractivity contribution in [3.05, 3.63) is 48.2 Å². The smallest absolute Gasteiger partial charge is 0.338 e. The van der Waals surface area contributed by atoms with Gasteiger partial charge in [0.15, 0.2) is 0 Å². The Morgan fingerprint density at radius 2 is 2.00 bits per heavy atom. The van der Waals surface area contributed by atoms with Gasteiger partial charge in [-0.15, -0.1) is 0 Å². The fourth-order valence-corrected chi connectivity index (χ4v) is 1.60. The van der Waals surface area contributed by atoms with Gasteiger partial charge in [-0.3, -0.25) is 0 Å². The lowest BCUT2D eigenvalue weighted by Gasteiger charge is -2.08. The van der Waals surface area contributed by atoms with Gasteiger partial charge in [-0.25, -0.2) is 9.78 Å². The van der Waals surface area contributed by atoms with E-state index < -0.39 is 5.97 Å². The normalized spacial score (nSPS) is 9.94. The molecule has 0 radical (unpaired) electrons. The summed E-state index contributed by atoms with van der Waals surface area (Å²) in [4.78, 5) is 15.7. The van der Waals surface area contributed by atoms with E-state index in [9.17, 15) is 4.79 Å². The van der Waals surface area contributed by atoms with Crippen LogP contribution in [-0.2, 0) is 4.74 Å². The Hall–Kier alpha value is -2.36. The summed E-state index contributed by atoms with van der Waals surface area (Å²) in [6.45, 7) is 0. The van der Waals surface area contributed by atoms with Crippen LogP contribution in [0.3, 0.4) is 0 Å². The Labute approximate surface area is 99.1 Å². The van der Waals surface area contributed by atoms with Gasteiger partial charge in [0.2, 0.25) is 0 Å². The lowest BCUT2D eigenvalue weighted by molar-refractivity contribution is 0.0601. The van der Waals surface area contributed by atoms with Gasteiger partial charge < -0.3 is 10.5 Å². The summed E-state index contributed by atoms with van der Waals surface area (Å²) in [5, 5.41) is 0. The number of methoxy groups -OCH3 is 1. The zero-order chi connectivity index (χ0) is 12.3. The first-order chi connectivity index (χ1) is 8.22. The number of pyridine rings is 1. The third-order valence-corrected chi connectivity index (χ3v) is 2.42. The molecule has 0 unspecified atom stereocenters. The zero-order valence-corrected chi connectivity index (χ0v) is 9.38. The predicted octanol–water partition coefficient (Wildman–Crippen LogP) is 2.12. The molecule has 1 heterocycles. The number of carbonyl (C=O) groups is 1. The molecule has 0 fully saturated rings. The highest BCUT2D eigenvalue weighted by Gasteiger charge is 2.14. The molecule has 0 bridgehead atoms. The van der Waals surface area contributed by atoms with Crippen LogP contribution in [0.1, 0.15) is 10.4 Å². The number of hydrogen-bond acceptors (Lipinski definition) is 4. The number of anilines is 1. The molecule has 0 aliphatic heterocycles. The molecule has 0 amide bonds. The predicted molar refractivity (Wildman–Crippen MR) is 65.4 cm³/mol. The number of carbonyl (C=O) groups excluding carboxylic acids is 1. The second kappa shape index (κ2) is 4.65. The van der Waals surface area contributed by atoms with E-state index >= 15 is 0 Å². The largest absolute Gasteiger partial charge is 0.465 e. The molecule has 1 aromatic carbocycles. The maximum absolute atomic E-state index is 11.7. The Bertz CT molecular complexity index is 538. The minimum atomic E-state index is -0.419. The SMILES string of the molecule is COC(=O)c1cc(N)ncc1-c1ccccc1. The molecule has 1 aromatic heterocycles. The number of ether oxygens (including phenoxy) is 1. The van der Waals surface area contributed by atoms with E-state index in [1.54, 1.807) is 6.20 Å². The molecule has 86 valence electrons. The molecule has 0 saturated carbocycles. The summed E-state index contributed by atoms with van der Waals surface area (Å²) in [5.41, 5.74) is 7.62. The van der Waals surface area contributed by atoms with Crippen LogP contribution in [0, 0.1) is 0 Å². The first-order valence-corrected chi connectivity index (χ1v) is 5.11. The monoisotopic (exact) mass is 228 g/mol. The van der Waals surface area contributed by atoms with E-state index in [2.05, 4.69) is 4.98 Å². The van der Waals surface area contributed by atoms with Crippen LogP contribution < -0.4 is 5.73 Å². The van der Waals surface area contributed by atoms with Crippen molar-refractivity contribution < 1.29 is 9.53 Å². The summed E-state index contributed by atoms with van der Waals surface area (Å²) < 4.78 is 4.73. The van der Waals surface area contributed by atoms with Crippen LogP contribution in [-0.4, -0.2) is 18.1 Å². The minimum Gasteiger partial charge on any atom is -0.465 e. The third-order valence-electron chi connectivity index (χ3n) is 2.42. The first kappa shape index (κ1) is 11.1. The van der Waals surface area contributed by atoms with Crippen LogP contribution in [0.25, 0.3) is 11.1 Å². The van der Waals surface area contributed by atoms with Gasteiger partial charge in [0.05, 0.1) is 12.7 Å². The molecular weight excluding hydrogens is 216 g/mol. The number of hydrogen-bond donors (Lipinski definition) is 1. The molecule has 4 nitrogen and oxygen atoms in total. The van der Waals surface area contributed by atoms with Crippen molar-refractivity contribution in [3.8, 4) is 11.1 Å². The zero-order valence-electron chi connectivity index (χ0n) is 9.38. The van der Waals surface area contributed by atoms with Crippen molar-refractivity contribution in [3.63, 3.8) is 0 Å². The molecule has 0 atom stereocenters.